The first-order chi connectivity index (χ1) is 13.9. The number of benzene rings is 1. The quantitative estimate of drug-likeness (QED) is 0.370. The molecule has 1 aromatic carbocycles. The van der Waals surface area contributed by atoms with E-state index in [-0.39, 0.29) is 29.2 Å². The van der Waals surface area contributed by atoms with Gasteiger partial charge in [0.05, 0.1) is 45.8 Å². The molecule has 0 saturated carbocycles. The van der Waals surface area contributed by atoms with Crippen molar-refractivity contribution in [2.45, 2.75) is 12.5 Å². The molecule has 1 N–H and O–H groups in total. The molecule has 2 rings (SSSR count). The molecular formula is C18H20N2O8S. The molecule has 0 saturated heterocycles. The molecule has 1 aromatic heterocycles. The van der Waals surface area contributed by atoms with Gasteiger partial charge in [0.1, 0.15) is 5.56 Å². The van der Waals surface area contributed by atoms with Crippen molar-refractivity contribution in [3.8, 4) is 17.2 Å². The summed E-state index contributed by atoms with van der Waals surface area (Å²) in [5, 5.41) is 16.1. The molecule has 1 heterocycles. The molecule has 0 bridgehead atoms. The molecule has 11 heteroatoms. The number of hydrogen-bond donors (Lipinski definition) is 1. The van der Waals surface area contributed by atoms with Crippen LogP contribution < -0.4 is 19.5 Å². The van der Waals surface area contributed by atoms with Crippen LogP contribution in [0.15, 0.2) is 23.6 Å². The van der Waals surface area contributed by atoms with Gasteiger partial charge in [-0.05, 0) is 11.4 Å². The molecule has 2 aromatic rings. The second-order valence-electron chi connectivity index (χ2n) is 5.62. The number of nitro benzene ring substituents is 1. The van der Waals surface area contributed by atoms with E-state index in [1.807, 2.05) is 0 Å². The molecule has 10 nitrogen and oxygen atoms in total. The Hall–Kier alpha value is -3.34. The van der Waals surface area contributed by atoms with Crippen molar-refractivity contribution in [1.29, 1.82) is 0 Å². The van der Waals surface area contributed by atoms with Crippen LogP contribution in [0.1, 0.15) is 27.7 Å². The zero-order valence-electron chi connectivity index (χ0n) is 16.2. The third kappa shape index (κ3) is 4.74. The highest BCUT2D eigenvalue weighted by Gasteiger charge is 2.33. The minimum Gasteiger partial charge on any atom is -0.493 e. The van der Waals surface area contributed by atoms with Gasteiger partial charge >= 0.3 is 11.7 Å². The Balaban J connectivity index is 2.52. The fourth-order valence-electron chi connectivity index (χ4n) is 2.69. The second kappa shape index (κ2) is 9.73. The number of nitrogens with zero attached hydrogens (tertiary/aromatic N) is 1. The molecule has 1 atom stereocenters. The van der Waals surface area contributed by atoms with Gasteiger partial charge < -0.3 is 24.3 Å². The number of hydrogen-bond acceptors (Lipinski definition) is 9. The number of carbonyl (C=O) groups excluding carboxylic acids is 2. The van der Waals surface area contributed by atoms with Gasteiger partial charge in [0.2, 0.25) is 11.5 Å². The molecule has 0 aliphatic rings. The molecule has 0 aliphatic heterocycles. The SMILES string of the molecule is COC(=O)CC(NC(=O)c1cc(OC)c(OC)c(OC)c1[N+](=O)[O-])c1cccs1. The van der Waals surface area contributed by atoms with Gasteiger partial charge in [0.25, 0.3) is 5.91 Å². The largest absolute Gasteiger partial charge is 0.493 e. The minimum atomic E-state index is -0.779. The lowest BCUT2D eigenvalue weighted by molar-refractivity contribution is -0.386. The van der Waals surface area contributed by atoms with Crippen LogP contribution in [-0.2, 0) is 9.53 Å². The summed E-state index contributed by atoms with van der Waals surface area (Å²) >= 11 is 1.33. The molecule has 0 aliphatic carbocycles. The summed E-state index contributed by atoms with van der Waals surface area (Å²) in [5.41, 5.74) is -0.874. The van der Waals surface area contributed by atoms with E-state index in [1.165, 1.54) is 45.8 Å². The van der Waals surface area contributed by atoms with Gasteiger partial charge in [-0.25, -0.2) is 0 Å². The van der Waals surface area contributed by atoms with Gasteiger partial charge in [-0.2, -0.15) is 0 Å². The number of ether oxygens (including phenoxy) is 4. The summed E-state index contributed by atoms with van der Waals surface area (Å²) in [6.07, 6.45) is -0.138. The van der Waals surface area contributed by atoms with Crippen LogP contribution in [0.4, 0.5) is 5.69 Å². The van der Waals surface area contributed by atoms with Crippen LogP contribution in [0, 0.1) is 10.1 Å². The molecule has 1 unspecified atom stereocenters. The van der Waals surface area contributed by atoms with E-state index in [0.717, 1.165) is 0 Å². The zero-order chi connectivity index (χ0) is 21.6. The van der Waals surface area contributed by atoms with Gasteiger partial charge in [-0.3, -0.25) is 19.7 Å². The Morgan fingerprint density at radius 2 is 1.86 bits per heavy atom. The summed E-state index contributed by atoms with van der Waals surface area (Å²) in [5.74, 6) is -1.49. The normalized spacial score (nSPS) is 11.3. The summed E-state index contributed by atoms with van der Waals surface area (Å²) in [6.45, 7) is 0. The predicted molar refractivity (Wildman–Crippen MR) is 104 cm³/mol. The van der Waals surface area contributed by atoms with E-state index in [1.54, 1.807) is 17.5 Å². The lowest BCUT2D eigenvalue weighted by atomic mass is 10.1. The number of methoxy groups -OCH3 is 4. The Morgan fingerprint density at radius 3 is 2.34 bits per heavy atom. The highest BCUT2D eigenvalue weighted by molar-refractivity contribution is 7.10. The van der Waals surface area contributed by atoms with Crippen molar-refractivity contribution in [3.05, 3.63) is 44.1 Å². The number of carbonyl (C=O) groups is 2. The lowest BCUT2D eigenvalue weighted by Gasteiger charge is -2.18. The molecule has 0 spiro atoms. The number of esters is 1. The fraction of sp³-hybridized carbons (Fsp3) is 0.333. The average Bonchev–Trinajstić information content (AvgIpc) is 3.25. The van der Waals surface area contributed by atoms with Crippen molar-refractivity contribution >= 4 is 28.9 Å². The number of amides is 1. The molecule has 1 amide bonds. The third-order valence-electron chi connectivity index (χ3n) is 4.02. The van der Waals surface area contributed by atoms with Crippen LogP contribution >= 0.6 is 11.3 Å². The number of nitro groups is 1. The first kappa shape index (κ1) is 22.0. The second-order valence-corrected chi connectivity index (χ2v) is 6.60. The van der Waals surface area contributed by atoms with E-state index in [2.05, 4.69) is 10.1 Å². The van der Waals surface area contributed by atoms with Crippen LogP contribution in [0.3, 0.4) is 0 Å². The molecule has 156 valence electrons. The topological polar surface area (TPSA) is 126 Å². The van der Waals surface area contributed by atoms with Crippen LogP contribution in [0.25, 0.3) is 0 Å². The monoisotopic (exact) mass is 424 g/mol. The van der Waals surface area contributed by atoms with Gasteiger partial charge in [-0.15, -0.1) is 11.3 Å². The summed E-state index contributed by atoms with van der Waals surface area (Å²) < 4.78 is 20.1. The third-order valence-corrected chi connectivity index (χ3v) is 5.01. The van der Waals surface area contributed by atoms with Gasteiger partial charge in [-0.1, -0.05) is 6.07 Å². The minimum absolute atomic E-state index is 0.0115. The maximum atomic E-state index is 13.0. The molecule has 29 heavy (non-hydrogen) atoms. The van der Waals surface area contributed by atoms with Crippen molar-refractivity contribution < 1.29 is 33.5 Å². The maximum Gasteiger partial charge on any atom is 0.327 e. The summed E-state index contributed by atoms with van der Waals surface area (Å²) in [7, 11) is 5.08. The first-order valence-electron chi connectivity index (χ1n) is 8.26. The van der Waals surface area contributed by atoms with E-state index in [9.17, 15) is 19.7 Å². The average molecular weight is 424 g/mol. The van der Waals surface area contributed by atoms with Crippen LogP contribution in [0.5, 0.6) is 17.2 Å². The highest BCUT2D eigenvalue weighted by Crippen LogP contribution is 2.46. The molecule has 0 radical (unpaired) electrons. The molecular weight excluding hydrogens is 404 g/mol. The van der Waals surface area contributed by atoms with Crippen molar-refractivity contribution in [3.63, 3.8) is 0 Å². The zero-order valence-corrected chi connectivity index (χ0v) is 17.0. The van der Waals surface area contributed by atoms with E-state index >= 15 is 0 Å². The first-order valence-corrected chi connectivity index (χ1v) is 9.14. The smallest absolute Gasteiger partial charge is 0.327 e. The van der Waals surface area contributed by atoms with Crippen molar-refractivity contribution in [2.75, 3.05) is 28.4 Å². The maximum absolute atomic E-state index is 13.0. The van der Waals surface area contributed by atoms with Crippen molar-refractivity contribution in [1.82, 2.24) is 5.32 Å². The number of thiophene rings is 1. The van der Waals surface area contributed by atoms with E-state index < -0.39 is 28.5 Å². The lowest BCUT2D eigenvalue weighted by Crippen LogP contribution is -2.30. The van der Waals surface area contributed by atoms with Crippen molar-refractivity contribution in [2.24, 2.45) is 0 Å². The number of rotatable bonds is 9. The molecule has 0 fully saturated rings. The fourth-order valence-corrected chi connectivity index (χ4v) is 3.47. The number of nitrogens with one attached hydrogen (secondary N) is 1. The Labute approximate surface area is 170 Å². The standard InChI is InChI=1S/C18H20N2O8S/c1-25-12-8-10(15(20(23)24)17(28-4)16(12)27-3)18(22)19-11(9-14(21)26-2)13-6-5-7-29-13/h5-8,11H,9H2,1-4H3,(H,19,22). The van der Waals surface area contributed by atoms with Crippen LogP contribution in [-0.4, -0.2) is 45.2 Å². The summed E-state index contributed by atoms with van der Waals surface area (Å²) in [6, 6.07) is 3.97. The van der Waals surface area contributed by atoms with Gasteiger partial charge in [0, 0.05) is 10.9 Å². The summed E-state index contributed by atoms with van der Waals surface area (Å²) in [4.78, 5) is 36.4. The van der Waals surface area contributed by atoms with E-state index in [0.29, 0.717) is 4.88 Å². The Bertz CT molecular complexity index is 898. The predicted octanol–water partition coefficient (Wildman–Crippen LogP) is 2.72. The van der Waals surface area contributed by atoms with Crippen LogP contribution in [0.2, 0.25) is 0 Å². The Kier molecular flexibility index (Phi) is 7.37. The van der Waals surface area contributed by atoms with E-state index in [4.69, 9.17) is 14.2 Å². The highest BCUT2D eigenvalue weighted by atomic mass is 32.1. The van der Waals surface area contributed by atoms with Gasteiger partial charge in [0.15, 0.2) is 5.75 Å². The Morgan fingerprint density at radius 1 is 1.17 bits per heavy atom.